The maximum atomic E-state index is 12.9. The van der Waals surface area contributed by atoms with Crippen LogP contribution in [0.2, 0.25) is 0 Å². The Labute approximate surface area is 167 Å². The highest BCUT2D eigenvalue weighted by atomic mass is 79.9. The van der Waals surface area contributed by atoms with E-state index in [0.717, 1.165) is 0 Å². The molecule has 1 atom stereocenters. The SMILES string of the molecule is CCC(=O)C(C)[P+](c1ccccc1)(c1ccccc1)c1ccccc1.[Br-]. The van der Waals surface area contributed by atoms with Crippen LogP contribution in [-0.2, 0) is 4.79 Å². The van der Waals surface area contributed by atoms with Gasteiger partial charge in [-0.1, -0.05) is 61.5 Å². The number of halogens is 1. The van der Waals surface area contributed by atoms with Crippen molar-refractivity contribution in [3.05, 3.63) is 91.0 Å². The molecule has 3 heteroatoms. The van der Waals surface area contributed by atoms with Crippen molar-refractivity contribution < 1.29 is 21.8 Å². The third-order valence-electron chi connectivity index (χ3n) is 4.89. The molecule has 0 N–H and O–H groups in total. The molecule has 3 rings (SSSR count). The Balaban J connectivity index is 0.00000243. The van der Waals surface area contributed by atoms with Gasteiger partial charge in [0, 0.05) is 6.42 Å². The minimum absolute atomic E-state index is 0. The Morgan fingerprint density at radius 1 is 0.731 bits per heavy atom. The van der Waals surface area contributed by atoms with E-state index in [1.165, 1.54) is 15.9 Å². The average molecular weight is 427 g/mol. The molecule has 0 aliphatic rings. The molecular weight excluding hydrogens is 403 g/mol. The van der Waals surface area contributed by atoms with Crippen LogP contribution in [-0.4, -0.2) is 11.4 Å². The van der Waals surface area contributed by atoms with E-state index in [-0.39, 0.29) is 22.6 Å². The highest BCUT2D eigenvalue weighted by Gasteiger charge is 2.52. The van der Waals surface area contributed by atoms with Gasteiger partial charge in [0.15, 0.2) is 5.78 Å². The van der Waals surface area contributed by atoms with Gasteiger partial charge in [0.1, 0.15) is 28.8 Å². The van der Waals surface area contributed by atoms with Crippen molar-refractivity contribution in [3.8, 4) is 0 Å². The minimum atomic E-state index is -2.07. The largest absolute Gasteiger partial charge is 1.00 e. The van der Waals surface area contributed by atoms with Gasteiger partial charge in [0.2, 0.25) is 0 Å². The second-order valence-corrected chi connectivity index (χ2v) is 9.99. The van der Waals surface area contributed by atoms with Gasteiger partial charge < -0.3 is 17.0 Å². The molecule has 0 saturated carbocycles. The number of benzene rings is 3. The summed E-state index contributed by atoms with van der Waals surface area (Å²) in [5.41, 5.74) is -0.0512. The lowest BCUT2D eigenvalue weighted by atomic mass is 10.2. The highest BCUT2D eigenvalue weighted by Crippen LogP contribution is 2.59. The van der Waals surface area contributed by atoms with Crippen molar-refractivity contribution in [2.75, 3.05) is 0 Å². The minimum Gasteiger partial charge on any atom is -1.00 e. The van der Waals surface area contributed by atoms with E-state index in [9.17, 15) is 4.79 Å². The average Bonchev–Trinajstić information content (AvgIpc) is 2.70. The molecule has 0 amide bonds. The quantitative estimate of drug-likeness (QED) is 0.543. The normalized spacial score (nSPS) is 12.1. The maximum absolute atomic E-state index is 12.9. The van der Waals surface area contributed by atoms with Gasteiger partial charge in [0.25, 0.3) is 0 Å². The lowest BCUT2D eigenvalue weighted by Gasteiger charge is -2.32. The molecule has 26 heavy (non-hydrogen) atoms. The molecule has 0 spiro atoms. The van der Waals surface area contributed by atoms with Gasteiger partial charge in [-0.3, -0.25) is 4.79 Å². The van der Waals surface area contributed by atoms with E-state index in [1.807, 2.05) is 25.1 Å². The molecule has 0 fully saturated rings. The zero-order chi connectivity index (χ0) is 17.7. The van der Waals surface area contributed by atoms with Gasteiger partial charge in [-0.15, -0.1) is 0 Å². The molecule has 0 saturated heterocycles. The lowest BCUT2D eigenvalue weighted by molar-refractivity contribution is -0.118. The first-order chi connectivity index (χ1) is 12.2. The van der Waals surface area contributed by atoms with Crippen LogP contribution in [0.15, 0.2) is 91.0 Å². The van der Waals surface area contributed by atoms with Crippen molar-refractivity contribution in [2.24, 2.45) is 0 Å². The van der Waals surface area contributed by atoms with Crippen LogP contribution in [0.4, 0.5) is 0 Å². The molecule has 0 radical (unpaired) electrons. The van der Waals surface area contributed by atoms with Crippen LogP contribution in [0.25, 0.3) is 0 Å². The van der Waals surface area contributed by atoms with Crippen LogP contribution in [0.3, 0.4) is 0 Å². The zero-order valence-electron chi connectivity index (χ0n) is 15.2. The Morgan fingerprint density at radius 2 is 1.04 bits per heavy atom. The van der Waals surface area contributed by atoms with Gasteiger partial charge in [-0.25, -0.2) is 0 Å². The van der Waals surface area contributed by atoms with Crippen LogP contribution < -0.4 is 32.9 Å². The third kappa shape index (κ3) is 3.68. The molecular formula is C23H24BrOP. The summed E-state index contributed by atoms with van der Waals surface area (Å²) in [6.45, 7) is 4.08. The molecule has 0 bridgehead atoms. The van der Waals surface area contributed by atoms with E-state index in [1.54, 1.807) is 0 Å². The van der Waals surface area contributed by atoms with Crippen LogP contribution >= 0.6 is 7.26 Å². The van der Waals surface area contributed by atoms with Crippen molar-refractivity contribution >= 4 is 29.0 Å². The molecule has 0 aliphatic carbocycles. The predicted molar refractivity (Wildman–Crippen MR) is 110 cm³/mol. The second-order valence-electron chi connectivity index (χ2n) is 6.23. The van der Waals surface area contributed by atoms with Crippen molar-refractivity contribution in [1.29, 1.82) is 0 Å². The Morgan fingerprint density at radius 3 is 1.31 bits per heavy atom. The van der Waals surface area contributed by atoms with Gasteiger partial charge >= 0.3 is 0 Å². The van der Waals surface area contributed by atoms with Gasteiger partial charge in [-0.05, 0) is 43.3 Å². The number of carbonyl (C=O) groups is 1. The number of Topliss-reactive ketones (excluding diaryl/α,β-unsaturated/α-hetero) is 1. The van der Waals surface area contributed by atoms with E-state index in [4.69, 9.17) is 0 Å². The summed E-state index contributed by atoms with van der Waals surface area (Å²) in [5, 5.41) is 3.80. The standard InChI is InChI=1S/C23H24OP.BrH/c1-3-23(24)19(2)25(20-13-7-4-8-14-20,21-15-9-5-10-16-21)22-17-11-6-12-18-22;/h4-19H,3H2,1-2H3;1H/q+1;/p-1. The maximum Gasteiger partial charge on any atom is 0.173 e. The fourth-order valence-corrected chi connectivity index (χ4v) is 8.40. The van der Waals surface area contributed by atoms with Crippen LogP contribution in [0, 0.1) is 0 Å². The molecule has 3 aromatic carbocycles. The van der Waals surface area contributed by atoms with E-state index >= 15 is 0 Å². The topological polar surface area (TPSA) is 17.1 Å². The summed E-state index contributed by atoms with van der Waals surface area (Å²) in [4.78, 5) is 12.9. The molecule has 3 aromatic rings. The Bertz CT molecular complexity index is 722. The van der Waals surface area contributed by atoms with Crippen molar-refractivity contribution in [1.82, 2.24) is 0 Å². The molecule has 1 unspecified atom stereocenters. The molecule has 1 nitrogen and oxygen atoms in total. The smallest absolute Gasteiger partial charge is 0.173 e. The van der Waals surface area contributed by atoms with Crippen LogP contribution in [0.5, 0.6) is 0 Å². The fraction of sp³-hybridized carbons (Fsp3) is 0.174. The Hall–Kier alpha value is -1.76. The summed E-state index contributed by atoms with van der Waals surface area (Å²) in [5.74, 6) is 0.324. The van der Waals surface area contributed by atoms with Crippen molar-refractivity contribution in [2.45, 2.75) is 25.9 Å². The number of hydrogen-bond donors (Lipinski definition) is 0. The first kappa shape index (κ1) is 20.6. The fourth-order valence-electron chi connectivity index (χ4n) is 3.62. The van der Waals surface area contributed by atoms with Crippen LogP contribution in [0.1, 0.15) is 20.3 Å². The number of ketones is 1. The van der Waals surface area contributed by atoms with Gasteiger partial charge in [-0.2, -0.15) is 0 Å². The summed E-state index contributed by atoms with van der Waals surface area (Å²) in [6, 6.07) is 31.7. The molecule has 0 heterocycles. The first-order valence-corrected chi connectivity index (χ1v) is 10.6. The molecule has 0 aliphatic heterocycles. The second kappa shape index (κ2) is 9.26. The lowest BCUT2D eigenvalue weighted by Crippen LogP contribution is -3.00. The van der Waals surface area contributed by atoms with Crippen molar-refractivity contribution in [3.63, 3.8) is 0 Å². The number of hydrogen-bond acceptors (Lipinski definition) is 1. The summed E-state index contributed by atoms with van der Waals surface area (Å²) in [6.07, 6.45) is 0.565. The van der Waals surface area contributed by atoms with E-state index in [0.29, 0.717) is 12.2 Å². The first-order valence-electron chi connectivity index (χ1n) is 8.79. The number of carbonyl (C=O) groups excluding carboxylic acids is 1. The third-order valence-corrected chi connectivity index (χ3v) is 9.67. The van der Waals surface area contributed by atoms with E-state index < -0.39 is 7.26 Å². The highest BCUT2D eigenvalue weighted by molar-refractivity contribution is 7.96. The predicted octanol–water partition coefficient (Wildman–Crippen LogP) is 1.35. The number of rotatable bonds is 6. The summed E-state index contributed by atoms with van der Waals surface area (Å²) in [7, 11) is -2.07. The Kier molecular flexibility index (Phi) is 7.32. The van der Waals surface area contributed by atoms with Gasteiger partial charge in [0.05, 0.1) is 0 Å². The monoisotopic (exact) mass is 426 g/mol. The summed E-state index contributed by atoms with van der Waals surface area (Å²) >= 11 is 0. The summed E-state index contributed by atoms with van der Waals surface area (Å²) < 4.78 is 0. The molecule has 0 aromatic heterocycles. The zero-order valence-corrected chi connectivity index (χ0v) is 17.7. The van der Waals surface area contributed by atoms with E-state index in [2.05, 4.69) is 79.7 Å². The molecule has 134 valence electrons.